The summed E-state index contributed by atoms with van der Waals surface area (Å²) in [5, 5.41) is 10.9. The van der Waals surface area contributed by atoms with Crippen LogP contribution in [0, 0.1) is 10.1 Å². The van der Waals surface area contributed by atoms with Crippen LogP contribution in [0.15, 0.2) is 54.9 Å². The van der Waals surface area contributed by atoms with Crippen LogP contribution in [-0.4, -0.2) is 34.3 Å². The molecule has 0 saturated carbocycles. The third-order valence-electron chi connectivity index (χ3n) is 3.55. The maximum Gasteiger partial charge on any atom is 0.310 e. The predicted molar refractivity (Wildman–Crippen MR) is 89.1 cm³/mol. The second-order valence-corrected chi connectivity index (χ2v) is 5.11. The number of nitro benzene ring substituents is 1. The summed E-state index contributed by atoms with van der Waals surface area (Å²) in [4.78, 5) is 14.7. The Hall–Kier alpha value is -2.93. The predicted octanol–water partition coefficient (Wildman–Crippen LogP) is 3.04. The minimum absolute atomic E-state index is 0.0395. The molecule has 0 aliphatic carbocycles. The van der Waals surface area contributed by atoms with Crippen LogP contribution in [0.3, 0.4) is 0 Å². The highest BCUT2D eigenvalue weighted by Gasteiger charge is 2.13. The van der Waals surface area contributed by atoms with Gasteiger partial charge < -0.3 is 14.0 Å². The zero-order valence-corrected chi connectivity index (χ0v) is 13.0. The lowest BCUT2D eigenvalue weighted by Gasteiger charge is -2.08. The molecule has 0 aliphatic rings. The van der Waals surface area contributed by atoms with Crippen molar-refractivity contribution in [2.24, 2.45) is 0 Å². The molecule has 0 amide bonds. The van der Waals surface area contributed by atoms with Gasteiger partial charge in [-0.25, -0.2) is 4.98 Å². The molecule has 0 N–H and O–H groups in total. The van der Waals surface area contributed by atoms with Crippen molar-refractivity contribution in [3.63, 3.8) is 0 Å². The Bertz CT molecular complexity index is 831. The van der Waals surface area contributed by atoms with Crippen molar-refractivity contribution in [2.75, 3.05) is 19.8 Å². The number of ether oxygens (including phenoxy) is 2. The largest absolute Gasteiger partial charge is 0.484 e. The molecule has 0 radical (unpaired) electrons. The highest BCUT2D eigenvalue weighted by Crippen LogP contribution is 2.25. The molecule has 0 unspecified atom stereocenters. The SMILES string of the molecule is O=[N+]([O-])c1ccccc1OCCOCCn1cnc2ccccc21. The molecule has 3 rings (SSSR count). The fourth-order valence-electron chi connectivity index (χ4n) is 2.39. The Morgan fingerprint density at radius 3 is 2.71 bits per heavy atom. The number of aromatic nitrogens is 2. The molecular formula is C17H17N3O4. The number of imidazole rings is 1. The van der Waals surface area contributed by atoms with Gasteiger partial charge in [0.2, 0.25) is 0 Å². The summed E-state index contributed by atoms with van der Waals surface area (Å²) < 4.78 is 13.0. The molecule has 1 heterocycles. The molecule has 124 valence electrons. The van der Waals surface area contributed by atoms with E-state index in [0.717, 1.165) is 11.0 Å². The van der Waals surface area contributed by atoms with Crippen LogP contribution in [0.4, 0.5) is 5.69 Å². The number of benzene rings is 2. The van der Waals surface area contributed by atoms with Gasteiger partial charge in [-0.2, -0.15) is 0 Å². The number of nitro groups is 1. The molecule has 7 heteroatoms. The first kappa shape index (κ1) is 15.9. The number of nitrogens with zero attached hydrogens (tertiary/aromatic N) is 3. The van der Waals surface area contributed by atoms with E-state index in [-0.39, 0.29) is 18.0 Å². The van der Waals surface area contributed by atoms with E-state index in [1.165, 1.54) is 6.07 Å². The van der Waals surface area contributed by atoms with Crippen LogP contribution in [0.1, 0.15) is 0 Å². The van der Waals surface area contributed by atoms with Crippen molar-refractivity contribution in [2.45, 2.75) is 6.54 Å². The summed E-state index contributed by atoms with van der Waals surface area (Å²) in [6, 6.07) is 14.2. The Balaban J connectivity index is 1.43. The maximum atomic E-state index is 10.9. The lowest BCUT2D eigenvalue weighted by atomic mass is 10.3. The molecule has 24 heavy (non-hydrogen) atoms. The zero-order valence-electron chi connectivity index (χ0n) is 13.0. The van der Waals surface area contributed by atoms with E-state index in [1.54, 1.807) is 24.5 Å². The van der Waals surface area contributed by atoms with Crippen molar-refractivity contribution in [1.29, 1.82) is 0 Å². The van der Waals surface area contributed by atoms with Crippen LogP contribution >= 0.6 is 0 Å². The van der Waals surface area contributed by atoms with Gasteiger partial charge >= 0.3 is 5.69 Å². The molecule has 0 atom stereocenters. The van der Waals surface area contributed by atoms with Gasteiger partial charge in [-0.3, -0.25) is 10.1 Å². The van der Waals surface area contributed by atoms with Crippen LogP contribution < -0.4 is 4.74 Å². The zero-order chi connectivity index (χ0) is 16.8. The summed E-state index contributed by atoms with van der Waals surface area (Å²) >= 11 is 0. The lowest BCUT2D eigenvalue weighted by molar-refractivity contribution is -0.385. The molecule has 0 bridgehead atoms. The van der Waals surface area contributed by atoms with E-state index in [4.69, 9.17) is 9.47 Å². The molecule has 0 spiro atoms. The first-order chi connectivity index (χ1) is 11.8. The van der Waals surface area contributed by atoms with Gasteiger partial charge in [-0.15, -0.1) is 0 Å². The van der Waals surface area contributed by atoms with Crippen molar-refractivity contribution >= 4 is 16.7 Å². The van der Waals surface area contributed by atoms with E-state index >= 15 is 0 Å². The first-order valence-electron chi connectivity index (χ1n) is 7.59. The van der Waals surface area contributed by atoms with Gasteiger partial charge in [0.25, 0.3) is 0 Å². The third kappa shape index (κ3) is 3.69. The van der Waals surface area contributed by atoms with Crippen LogP contribution in [0.5, 0.6) is 5.75 Å². The highest BCUT2D eigenvalue weighted by molar-refractivity contribution is 5.74. The lowest BCUT2D eigenvalue weighted by Crippen LogP contribution is -2.11. The molecule has 0 saturated heterocycles. The minimum Gasteiger partial charge on any atom is -0.484 e. The van der Waals surface area contributed by atoms with Crippen molar-refractivity contribution < 1.29 is 14.4 Å². The normalized spacial score (nSPS) is 10.8. The van der Waals surface area contributed by atoms with Crippen molar-refractivity contribution in [3.05, 3.63) is 65.0 Å². The number of rotatable bonds is 8. The van der Waals surface area contributed by atoms with E-state index in [0.29, 0.717) is 19.8 Å². The van der Waals surface area contributed by atoms with E-state index in [9.17, 15) is 10.1 Å². The summed E-state index contributed by atoms with van der Waals surface area (Å²) in [6.07, 6.45) is 1.79. The molecule has 3 aromatic rings. The first-order valence-corrected chi connectivity index (χ1v) is 7.59. The number of para-hydroxylation sites is 4. The average molecular weight is 327 g/mol. The maximum absolute atomic E-state index is 10.9. The Morgan fingerprint density at radius 2 is 1.83 bits per heavy atom. The summed E-state index contributed by atoms with van der Waals surface area (Å²) in [5.41, 5.74) is 1.98. The molecule has 0 fully saturated rings. The third-order valence-corrected chi connectivity index (χ3v) is 3.55. The quantitative estimate of drug-likeness (QED) is 0.361. The monoisotopic (exact) mass is 327 g/mol. The van der Waals surface area contributed by atoms with Crippen LogP contribution in [0.2, 0.25) is 0 Å². The molecular weight excluding hydrogens is 310 g/mol. The standard InChI is InChI=1S/C17H17N3O4/c21-20(22)16-7-3-4-8-17(16)24-12-11-23-10-9-19-13-18-14-5-1-2-6-15(14)19/h1-8,13H,9-12H2. The van der Waals surface area contributed by atoms with Gasteiger partial charge in [0, 0.05) is 12.6 Å². The second-order valence-electron chi connectivity index (χ2n) is 5.11. The topological polar surface area (TPSA) is 79.4 Å². The van der Waals surface area contributed by atoms with E-state index in [2.05, 4.69) is 4.98 Å². The van der Waals surface area contributed by atoms with Gasteiger partial charge in [0.05, 0.1) is 35.5 Å². The molecule has 1 aromatic heterocycles. The van der Waals surface area contributed by atoms with Gasteiger partial charge in [-0.05, 0) is 18.2 Å². The number of hydrogen-bond acceptors (Lipinski definition) is 5. The van der Waals surface area contributed by atoms with Gasteiger partial charge in [0.15, 0.2) is 5.75 Å². The van der Waals surface area contributed by atoms with E-state index < -0.39 is 4.92 Å². The molecule has 2 aromatic carbocycles. The molecule has 0 aliphatic heterocycles. The Morgan fingerprint density at radius 1 is 1.04 bits per heavy atom. The fourth-order valence-corrected chi connectivity index (χ4v) is 2.39. The summed E-state index contributed by atoms with van der Waals surface area (Å²) in [6.45, 7) is 1.82. The van der Waals surface area contributed by atoms with Crippen LogP contribution in [-0.2, 0) is 11.3 Å². The smallest absolute Gasteiger partial charge is 0.310 e. The minimum atomic E-state index is -0.458. The van der Waals surface area contributed by atoms with Crippen LogP contribution in [0.25, 0.3) is 11.0 Å². The number of fused-ring (bicyclic) bond motifs is 1. The Labute approximate surface area is 138 Å². The highest BCUT2D eigenvalue weighted by atomic mass is 16.6. The van der Waals surface area contributed by atoms with Gasteiger partial charge in [-0.1, -0.05) is 24.3 Å². The summed E-state index contributed by atoms with van der Waals surface area (Å²) in [5.74, 6) is 0.256. The summed E-state index contributed by atoms with van der Waals surface area (Å²) in [7, 11) is 0. The van der Waals surface area contributed by atoms with Crippen molar-refractivity contribution in [1.82, 2.24) is 9.55 Å². The average Bonchev–Trinajstić information content (AvgIpc) is 3.01. The molecule has 7 nitrogen and oxygen atoms in total. The van der Waals surface area contributed by atoms with Gasteiger partial charge in [0.1, 0.15) is 6.61 Å². The fraction of sp³-hybridized carbons (Fsp3) is 0.235. The Kier molecular flexibility index (Phi) is 5.02. The van der Waals surface area contributed by atoms with E-state index in [1.807, 2.05) is 28.8 Å². The number of hydrogen-bond donors (Lipinski definition) is 0. The second kappa shape index (κ2) is 7.56. The van der Waals surface area contributed by atoms with Crippen molar-refractivity contribution in [3.8, 4) is 5.75 Å².